The Bertz CT molecular complexity index is 599. The molecule has 1 aliphatic heterocycles. The second kappa shape index (κ2) is 6.33. The van der Waals surface area contributed by atoms with Crippen molar-refractivity contribution in [2.75, 3.05) is 13.1 Å². The monoisotopic (exact) mass is 282 g/mol. The van der Waals surface area contributed by atoms with Gasteiger partial charge in [0.1, 0.15) is 5.82 Å². The molecular weight excluding hydrogens is 260 g/mol. The lowest BCUT2D eigenvalue weighted by Gasteiger charge is -2.13. The molecule has 1 aromatic heterocycles. The summed E-state index contributed by atoms with van der Waals surface area (Å²) in [5, 5.41) is 0. The summed E-state index contributed by atoms with van der Waals surface area (Å²) in [5.41, 5.74) is 11.3. The van der Waals surface area contributed by atoms with Crippen LogP contribution in [0.15, 0.2) is 30.6 Å². The molecule has 1 fully saturated rings. The third kappa shape index (κ3) is 3.12. The maximum absolute atomic E-state index is 4.62. The van der Waals surface area contributed by atoms with Crippen LogP contribution in [0.2, 0.25) is 0 Å². The first kappa shape index (κ1) is 14.2. The van der Waals surface area contributed by atoms with Crippen LogP contribution in [0.1, 0.15) is 35.7 Å². The van der Waals surface area contributed by atoms with Crippen molar-refractivity contribution in [3.05, 3.63) is 47.5 Å². The number of nitrogens with zero attached hydrogens (tertiary/aromatic N) is 2. The largest absolute Gasteiger partial charge is 0.258 e. The highest BCUT2D eigenvalue weighted by atomic mass is 15.3. The Labute approximate surface area is 126 Å². The standard InChI is InChI=1S/C17H22N4/c1-12-4-3-5-16(13(12)2)15-10-18-17(19-11-15)14-6-8-20-21-9-7-14/h3-5,10-11,14,20-21H,6-9H2,1-2H3. The maximum atomic E-state index is 4.62. The van der Waals surface area contributed by atoms with E-state index in [1.54, 1.807) is 0 Å². The van der Waals surface area contributed by atoms with E-state index in [9.17, 15) is 0 Å². The van der Waals surface area contributed by atoms with E-state index in [1.807, 2.05) is 12.4 Å². The summed E-state index contributed by atoms with van der Waals surface area (Å²) < 4.78 is 0. The minimum atomic E-state index is 0.445. The predicted molar refractivity (Wildman–Crippen MR) is 84.9 cm³/mol. The summed E-state index contributed by atoms with van der Waals surface area (Å²) in [6.45, 7) is 6.22. The first-order valence-corrected chi connectivity index (χ1v) is 7.60. The van der Waals surface area contributed by atoms with E-state index in [4.69, 9.17) is 0 Å². The van der Waals surface area contributed by atoms with Crippen LogP contribution in [-0.4, -0.2) is 23.1 Å². The Morgan fingerprint density at radius 1 is 1.00 bits per heavy atom. The van der Waals surface area contributed by atoms with Crippen LogP contribution in [-0.2, 0) is 0 Å². The molecule has 1 aromatic carbocycles. The van der Waals surface area contributed by atoms with Gasteiger partial charge in [-0.25, -0.2) is 9.97 Å². The summed E-state index contributed by atoms with van der Waals surface area (Å²) in [4.78, 5) is 9.25. The Morgan fingerprint density at radius 3 is 2.33 bits per heavy atom. The van der Waals surface area contributed by atoms with Gasteiger partial charge in [-0.15, -0.1) is 0 Å². The Hall–Kier alpha value is -1.78. The number of hydrogen-bond acceptors (Lipinski definition) is 4. The van der Waals surface area contributed by atoms with Crippen molar-refractivity contribution in [3.63, 3.8) is 0 Å². The van der Waals surface area contributed by atoms with Gasteiger partial charge in [0.15, 0.2) is 0 Å². The Morgan fingerprint density at radius 2 is 1.67 bits per heavy atom. The third-order valence-corrected chi connectivity index (χ3v) is 4.31. The molecule has 0 atom stereocenters. The fraction of sp³-hybridized carbons (Fsp3) is 0.412. The predicted octanol–water partition coefficient (Wildman–Crippen LogP) is 2.73. The van der Waals surface area contributed by atoms with Crippen molar-refractivity contribution in [2.24, 2.45) is 0 Å². The average molecular weight is 282 g/mol. The van der Waals surface area contributed by atoms with Crippen LogP contribution in [0.4, 0.5) is 0 Å². The van der Waals surface area contributed by atoms with E-state index in [0.29, 0.717) is 5.92 Å². The lowest BCUT2D eigenvalue weighted by atomic mass is 9.98. The van der Waals surface area contributed by atoms with Crippen molar-refractivity contribution in [2.45, 2.75) is 32.6 Å². The van der Waals surface area contributed by atoms with E-state index in [0.717, 1.165) is 37.3 Å². The molecule has 0 radical (unpaired) electrons. The van der Waals surface area contributed by atoms with Gasteiger partial charge >= 0.3 is 0 Å². The second-order valence-electron chi connectivity index (χ2n) is 5.71. The van der Waals surface area contributed by atoms with Crippen LogP contribution in [0, 0.1) is 13.8 Å². The van der Waals surface area contributed by atoms with Crippen LogP contribution in [0.3, 0.4) is 0 Å². The van der Waals surface area contributed by atoms with Gasteiger partial charge in [-0.05, 0) is 43.4 Å². The van der Waals surface area contributed by atoms with Gasteiger partial charge in [-0.1, -0.05) is 18.2 Å². The smallest absolute Gasteiger partial charge is 0.131 e. The van der Waals surface area contributed by atoms with E-state index in [2.05, 4.69) is 52.9 Å². The molecule has 2 heterocycles. The van der Waals surface area contributed by atoms with Crippen molar-refractivity contribution < 1.29 is 0 Å². The topological polar surface area (TPSA) is 49.8 Å². The zero-order valence-corrected chi connectivity index (χ0v) is 12.7. The first-order valence-electron chi connectivity index (χ1n) is 7.60. The normalized spacial score (nSPS) is 16.7. The molecule has 21 heavy (non-hydrogen) atoms. The Balaban J connectivity index is 1.85. The first-order chi connectivity index (χ1) is 10.3. The molecule has 4 heteroatoms. The van der Waals surface area contributed by atoms with Crippen molar-refractivity contribution in [3.8, 4) is 11.1 Å². The lowest BCUT2D eigenvalue weighted by molar-refractivity contribution is 0.573. The highest BCUT2D eigenvalue weighted by Gasteiger charge is 2.16. The minimum absolute atomic E-state index is 0.445. The van der Waals surface area contributed by atoms with Crippen molar-refractivity contribution >= 4 is 0 Å². The van der Waals surface area contributed by atoms with Crippen LogP contribution < -0.4 is 10.9 Å². The molecule has 2 N–H and O–H groups in total. The number of aromatic nitrogens is 2. The van der Waals surface area contributed by atoms with Gasteiger partial charge < -0.3 is 0 Å². The van der Waals surface area contributed by atoms with Gasteiger partial charge in [0.25, 0.3) is 0 Å². The molecule has 1 saturated heterocycles. The molecular formula is C17H22N4. The van der Waals surface area contributed by atoms with Gasteiger partial charge in [0.2, 0.25) is 0 Å². The van der Waals surface area contributed by atoms with Gasteiger partial charge in [-0.2, -0.15) is 0 Å². The second-order valence-corrected chi connectivity index (χ2v) is 5.71. The molecule has 0 unspecified atom stereocenters. The molecule has 0 amide bonds. The maximum Gasteiger partial charge on any atom is 0.131 e. The molecule has 1 aliphatic rings. The van der Waals surface area contributed by atoms with Crippen LogP contribution in [0.25, 0.3) is 11.1 Å². The van der Waals surface area contributed by atoms with Crippen LogP contribution >= 0.6 is 0 Å². The quantitative estimate of drug-likeness (QED) is 0.889. The summed E-state index contributed by atoms with van der Waals surface area (Å²) >= 11 is 0. The fourth-order valence-electron chi connectivity index (χ4n) is 2.82. The molecule has 0 saturated carbocycles. The number of hydrazine groups is 1. The number of rotatable bonds is 2. The molecule has 2 aromatic rings. The van der Waals surface area contributed by atoms with E-state index >= 15 is 0 Å². The molecule has 0 bridgehead atoms. The molecule has 110 valence electrons. The van der Waals surface area contributed by atoms with Crippen LogP contribution in [0.5, 0.6) is 0 Å². The number of aryl methyl sites for hydroxylation is 1. The highest BCUT2D eigenvalue weighted by molar-refractivity contribution is 5.66. The average Bonchev–Trinajstić information content (AvgIpc) is 2.79. The molecule has 4 nitrogen and oxygen atoms in total. The summed E-state index contributed by atoms with van der Waals surface area (Å²) in [7, 11) is 0. The van der Waals surface area contributed by atoms with Gasteiger partial charge in [-0.3, -0.25) is 10.9 Å². The summed E-state index contributed by atoms with van der Waals surface area (Å²) in [5.74, 6) is 1.41. The molecule has 0 aliphatic carbocycles. The Kier molecular flexibility index (Phi) is 4.27. The molecule has 0 spiro atoms. The van der Waals surface area contributed by atoms with Gasteiger partial charge in [0.05, 0.1) is 0 Å². The van der Waals surface area contributed by atoms with E-state index < -0.39 is 0 Å². The third-order valence-electron chi connectivity index (χ3n) is 4.31. The number of benzene rings is 1. The highest BCUT2D eigenvalue weighted by Crippen LogP contribution is 2.26. The fourth-order valence-corrected chi connectivity index (χ4v) is 2.82. The van der Waals surface area contributed by atoms with Crippen molar-refractivity contribution in [1.29, 1.82) is 0 Å². The van der Waals surface area contributed by atoms with Gasteiger partial charge in [0, 0.05) is 37.0 Å². The van der Waals surface area contributed by atoms with Crippen molar-refractivity contribution in [1.82, 2.24) is 20.8 Å². The lowest BCUT2D eigenvalue weighted by Crippen LogP contribution is -2.30. The van der Waals surface area contributed by atoms with E-state index in [1.165, 1.54) is 16.7 Å². The minimum Gasteiger partial charge on any atom is -0.258 e. The summed E-state index contributed by atoms with van der Waals surface area (Å²) in [6, 6.07) is 6.37. The zero-order chi connectivity index (χ0) is 14.7. The summed E-state index contributed by atoms with van der Waals surface area (Å²) in [6.07, 6.45) is 6.09. The number of hydrogen-bond donors (Lipinski definition) is 2. The van der Waals surface area contributed by atoms with E-state index in [-0.39, 0.29) is 0 Å². The zero-order valence-electron chi connectivity index (χ0n) is 12.7. The number of nitrogens with one attached hydrogen (secondary N) is 2. The molecule has 3 rings (SSSR count). The SMILES string of the molecule is Cc1cccc(-c2cnc(C3CCNNCC3)nc2)c1C.